The number of aromatic nitrogens is 1. The number of rotatable bonds is 2. The number of nitriles is 1. The lowest BCUT2D eigenvalue weighted by Crippen LogP contribution is -2.10. The van der Waals surface area contributed by atoms with Crippen LogP contribution in [0.15, 0.2) is 48.7 Å². The van der Waals surface area contributed by atoms with Crippen LogP contribution in [0.1, 0.15) is 37.6 Å². The highest BCUT2D eigenvalue weighted by Crippen LogP contribution is 2.23. The number of hydrogen-bond donors (Lipinski definition) is 0. The van der Waals surface area contributed by atoms with E-state index in [0.717, 1.165) is 5.56 Å². The van der Waals surface area contributed by atoms with Crippen LogP contribution in [0.25, 0.3) is 11.6 Å². The Bertz CT molecular complexity index is 639. The fourth-order valence-electron chi connectivity index (χ4n) is 1.93. The molecule has 0 aliphatic carbocycles. The summed E-state index contributed by atoms with van der Waals surface area (Å²) in [6.45, 7) is 6.56. The summed E-state index contributed by atoms with van der Waals surface area (Å²) in [4.78, 5) is 4.21. The van der Waals surface area contributed by atoms with E-state index in [1.807, 2.05) is 36.4 Å². The summed E-state index contributed by atoms with van der Waals surface area (Å²) >= 11 is 0. The smallest absolute Gasteiger partial charge is 0.101 e. The van der Waals surface area contributed by atoms with Crippen LogP contribution >= 0.6 is 0 Å². The van der Waals surface area contributed by atoms with Crippen molar-refractivity contribution in [1.82, 2.24) is 4.98 Å². The van der Waals surface area contributed by atoms with Gasteiger partial charge < -0.3 is 0 Å². The summed E-state index contributed by atoms with van der Waals surface area (Å²) < 4.78 is 0. The predicted octanol–water partition coefficient (Wildman–Crippen LogP) is 4.44. The van der Waals surface area contributed by atoms with Crippen LogP contribution in [0.3, 0.4) is 0 Å². The van der Waals surface area contributed by atoms with Crippen LogP contribution in [0.2, 0.25) is 0 Å². The standard InChI is InChI=1S/C18H18N2/c1-18(2,3)16-9-7-14(8-10-16)12-15(13-19)17-6-4-5-11-20-17/h4-12H,1-3H3/b15-12+. The first-order valence-electron chi connectivity index (χ1n) is 6.64. The van der Waals surface area contributed by atoms with Gasteiger partial charge in [-0.1, -0.05) is 51.1 Å². The van der Waals surface area contributed by atoms with Gasteiger partial charge in [0.2, 0.25) is 0 Å². The Morgan fingerprint density at radius 1 is 1.10 bits per heavy atom. The average molecular weight is 262 g/mol. The average Bonchev–Trinajstić information content (AvgIpc) is 2.45. The van der Waals surface area contributed by atoms with Gasteiger partial charge in [-0.2, -0.15) is 5.26 Å². The molecule has 1 aromatic heterocycles. The highest BCUT2D eigenvalue weighted by Gasteiger charge is 2.12. The summed E-state index contributed by atoms with van der Waals surface area (Å²) in [6, 6.07) is 16.1. The minimum absolute atomic E-state index is 0.140. The minimum Gasteiger partial charge on any atom is -0.256 e. The lowest BCUT2D eigenvalue weighted by Gasteiger charge is -2.18. The van der Waals surface area contributed by atoms with Crippen molar-refractivity contribution in [1.29, 1.82) is 5.26 Å². The molecule has 100 valence electrons. The lowest BCUT2D eigenvalue weighted by molar-refractivity contribution is 0.590. The zero-order valence-corrected chi connectivity index (χ0v) is 12.1. The van der Waals surface area contributed by atoms with Crippen molar-refractivity contribution in [3.63, 3.8) is 0 Å². The molecule has 0 spiro atoms. The van der Waals surface area contributed by atoms with E-state index in [9.17, 15) is 5.26 Å². The molecule has 0 bridgehead atoms. The van der Waals surface area contributed by atoms with Gasteiger partial charge in [-0.25, -0.2) is 0 Å². The van der Waals surface area contributed by atoms with E-state index >= 15 is 0 Å². The largest absolute Gasteiger partial charge is 0.256 e. The molecular weight excluding hydrogens is 244 g/mol. The van der Waals surface area contributed by atoms with E-state index in [0.29, 0.717) is 11.3 Å². The Morgan fingerprint density at radius 2 is 1.80 bits per heavy atom. The maximum atomic E-state index is 9.27. The van der Waals surface area contributed by atoms with Gasteiger partial charge in [-0.05, 0) is 34.8 Å². The zero-order chi connectivity index (χ0) is 14.6. The van der Waals surface area contributed by atoms with Crippen molar-refractivity contribution >= 4 is 11.6 Å². The monoisotopic (exact) mass is 262 g/mol. The summed E-state index contributed by atoms with van der Waals surface area (Å²) in [6.07, 6.45) is 3.57. The predicted molar refractivity (Wildman–Crippen MR) is 82.9 cm³/mol. The molecule has 2 heteroatoms. The van der Waals surface area contributed by atoms with Gasteiger partial charge in [-0.3, -0.25) is 4.98 Å². The minimum atomic E-state index is 0.140. The second-order valence-corrected chi connectivity index (χ2v) is 5.76. The third-order valence-electron chi connectivity index (χ3n) is 3.15. The van der Waals surface area contributed by atoms with Gasteiger partial charge in [0.1, 0.15) is 6.07 Å². The van der Waals surface area contributed by atoms with Gasteiger partial charge >= 0.3 is 0 Å². The van der Waals surface area contributed by atoms with Crippen molar-refractivity contribution < 1.29 is 0 Å². The Hall–Kier alpha value is -2.40. The third kappa shape index (κ3) is 3.33. The molecule has 0 N–H and O–H groups in total. The Balaban J connectivity index is 2.33. The number of nitrogens with zero attached hydrogens (tertiary/aromatic N) is 2. The molecular formula is C18H18N2. The molecule has 0 unspecified atom stereocenters. The van der Waals surface area contributed by atoms with Crippen LogP contribution in [0.4, 0.5) is 0 Å². The second kappa shape index (κ2) is 5.71. The Morgan fingerprint density at radius 3 is 2.30 bits per heavy atom. The third-order valence-corrected chi connectivity index (χ3v) is 3.15. The molecule has 1 aromatic carbocycles. The van der Waals surface area contributed by atoms with Crippen molar-refractivity contribution in [2.45, 2.75) is 26.2 Å². The van der Waals surface area contributed by atoms with E-state index in [2.05, 4.69) is 44.0 Å². The van der Waals surface area contributed by atoms with Gasteiger partial charge in [0.05, 0.1) is 11.3 Å². The lowest BCUT2D eigenvalue weighted by atomic mass is 9.86. The van der Waals surface area contributed by atoms with Crippen LogP contribution < -0.4 is 0 Å². The number of benzene rings is 1. The van der Waals surface area contributed by atoms with Crippen molar-refractivity contribution in [3.05, 3.63) is 65.5 Å². The van der Waals surface area contributed by atoms with E-state index in [-0.39, 0.29) is 5.41 Å². The molecule has 0 saturated carbocycles. The zero-order valence-electron chi connectivity index (χ0n) is 12.1. The Kier molecular flexibility index (Phi) is 4.00. The molecule has 2 rings (SSSR count). The first-order valence-corrected chi connectivity index (χ1v) is 6.64. The molecule has 0 saturated heterocycles. The normalized spacial score (nSPS) is 12.0. The van der Waals surface area contributed by atoms with Gasteiger partial charge in [0.25, 0.3) is 0 Å². The molecule has 0 fully saturated rings. The number of hydrogen-bond acceptors (Lipinski definition) is 2. The van der Waals surface area contributed by atoms with Crippen LogP contribution in [-0.4, -0.2) is 4.98 Å². The summed E-state index contributed by atoms with van der Waals surface area (Å²) in [5.41, 5.74) is 3.72. The van der Waals surface area contributed by atoms with Crippen molar-refractivity contribution in [2.75, 3.05) is 0 Å². The highest BCUT2D eigenvalue weighted by molar-refractivity contribution is 5.88. The van der Waals surface area contributed by atoms with Crippen LogP contribution in [0, 0.1) is 11.3 Å². The fraction of sp³-hybridized carbons (Fsp3) is 0.222. The summed E-state index contributed by atoms with van der Waals surface area (Å²) in [5.74, 6) is 0. The second-order valence-electron chi connectivity index (χ2n) is 5.76. The van der Waals surface area contributed by atoms with Gasteiger partial charge in [-0.15, -0.1) is 0 Å². The molecule has 20 heavy (non-hydrogen) atoms. The van der Waals surface area contributed by atoms with Crippen molar-refractivity contribution in [3.8, 4) is 6.07 Å². The SMILES string of the molecule is CC(C)(C)c1ccc(/C=C(\C#N)c2ccccn2)cc1. The Labute approximate surface area is 120 Å². The summed E-state index contributed by atoms with van der Waals surface area (Å²) in [7, 11) is 0. The highest BCUT2D eigenvalue weighted by atomic mass is 14.7. The number of pyridine rings is 1. The molecule has 0 atom stereocenters. The molecule has 1 heterocycles. The topological polar surface area (TPSA) is 36.7 Å². The van der Waals surface area contributed by atoms with E-state index < -0.39 is 0 Å². The molecule has 0 amide bonds. The van der Waals surface area contributed by atoms with Gasteiger partial charge in [0, 0.05) is 6.20 Å². The van der Waals surface area contributed by atoms with Crippen LogP contribution in [-0.2, 0) is 5.41 Å². The first kappa shape index (κ1) is 14.0. The van der Waals surface area contributed by atoms with E-state index in [1.165, 1.54) is 5.56 Å². The van der Waals surface area contributed by atoms with Gasteiger partial charge in [0.15, 0.2) is 0 Å². The number of allylic oxidation sites excluding steroid dienone is 1. The summed E-state index contributed by atoms with van der Waals surface area (Å²) in [5, 5.41) is 9.27. The maximum Gasteiger partial charge on any atom is 0.101 e. The maximum absolute atomic E-state index is 9.27. The molecule has 0 aliphatic heterocycles. The first-order chi connectivity index (χ1) is 9.50. The molecule has 2 nitrogen and oxygen atoms in total. The van der Waals surface area contributed by atoms with E-state index in [4.69, 9.17) is 0 Å². The van der Waals surface area contributed by atoms with Crippen LogP contribution in [0.5, 0.6) is 0 Å². The quantitative estimate of drug-likeness (QED) is 0.750. The van der Waals surface area contributed by atoms with Crippen molar-refractivity contribution in [2.24, 2.45) is 0 Å². The molecule has 2 aromatic rings. The fourth-order valence-corrected chi connectivity index (χ4v) is 1.93. The molecule has 0 aliphatic rings. The van der Waals surface area contributed by atoms with E-state index in [1.54, 1.807) is 6.20 Å². The molecule has 0 radical (unpaired) electrons.